The van der Waals surface area contributed by atoms with Crippen LogP contribution in [0.15, 0.2) is 18.2 Å². The molecule has 1 aromatic rings. The van der Waals surface area contributed by atoms with Crippen LogP contribution in [0.4, 0.5) is 5.69 Å². The lowest BCUT2D eigenvalue weighted by atomic mass is 10.1. The Hall–Kier alpha value is -1.69. The number of rotatable bonds is 3. The lowest BCUT2D eigenvalue weighted by molar-refractivity contribution is -0.122. The molecule has 1 aromatic carbocycles. The molecule has 6 heteroatoms. The minimum atomic E-state index is -0.601. The summed E-state index contributed by atoms with van der Waals surface area (Å²) in [7, 11) is 0. The second kappa shape index (κ2) is 5.30. The summed E-state index contributed by atoms with van der Waals surface area (Å²) in [6, 6.07) is 5.07. The third-order valence-corrected chi connectivity index (χ3v) is 2.80. The van der Waals surface area contributed by atoms with Crippen LogP contribution in [0.3, 0.4) is 0 Å². The van der Waals surface area contributed by atoms with Crippen LogP contribution in [0.5, 0.6) is 5.75 Å². The van der Waals surface area contributed by atoms with Crippen molar-refractivity contribution < 1.29 is 14.3 Å². The van der Waals surface area contributed by atoms with E-state index in [1.54, 1.807) is 25.1 Å². The van der Waals surface area contributed by atoms with E-state index >= 15 is 0 Å². The van der Waals surface area contributed by atoms with Gasteiger partial charge in [-0.15, -0.1) is 0 Å². The highest BCUT2D eigenvalue weighted by Crippen LogP contribution is 2.33. The van der Waals surface area contributed by atoms with Crippen molar-refractivity contribution in [1.29, 1.82) is 0 Å². The van der Waals surface area contributed by atoms with E-state index in [4.69, 9.17) is 4.74 Å². The zero-order chi connectivity index (χ0) is 13.1. The van der Waals surface area contributed by atoms with Crippen molar-refractivity contribution in [2.45, 2.75) is 13.0 Å². The zero-order valence-corrected chi connectivity index (χ0v) is 10.8. The van der Waals surface area contributed by atoms with Gasteiger partial charge in [-0.3, -0.25) is 9.59 Å². The molecule has 0 saturated heterocycles. The molecule has 0 saturated carbocycles. The summed E-state index contributed by atoms with van der Waals surface area (Å²) < 4.78 is 5.48. The molecule has 2 amide bonds. The van der Waals surface area contributed by atoms with Crippen LogP contribution in [-0.4, -0.2) is 30.2 Å². The van der Waals surface area contributed by atoms with Crippen molar-refractivity contribution in [3.63, 3.8) is 0 Å². The molecule has 1 aliphatic rings. The molecule has 1 atom stereocenters. The summed E-state index contributed by atoms with van der Waals surface area (Å²) in [5.41, 5.74) is 0.942. The Labute approximate surface area is 110 Å². The van der Waals surface area contributed by atoms with Gasteiger partial charge in [0, 0.05) is 12.3 Å². The highest BCUT2D eigenvalue weighted by molar-refractivity contribution is 7.80. The van der Waals surface area contributed by atoms with Gasteiger partial charge < -0.3 is 15.4 Å². The summed E-state index contributed by atoms with van der Waals surface area (Å²) >= 11 is 4.03. The van der Waals surface area contributed by atoms with Gasteiger partial charge >= 0.3 is 0 Å². The molecule has 0 aromatic heterocycles. The molecule has 0 fully saturated rings. The monoisotopic (exact) mass is 266 g/mol. The van der Waals surface area contributed by atoms with Crippen molar-refractivity contribution in [1.82, 2.24) is 5.32 Å². The van der Waals surface area contributed by atoms with Crippen LogP contribution in [0.25, 0.3) is 0 Å². The number of ether oxygens (including phenoxy) is 1. The maximum absolute atomic E-state index is 11.9. The van der Waals surface area contributed by atoms with Crippen LogP contribution in [-0.2, 0) is 4.79 Å². The molecule has 18 heavy (non-hydrogen) atoms. The van der Waals surface area contributed by atoms with Crippen molar-refractivity contribution in [3.05, 3.63) is 23.8 Å². The van der Waals surface area contributed by atoms with E-state index in [0.29, 0.717) is 29.3 Å². The first-order valence-electron chi connectivity index (χ1n) is 5.63. The molecule has 0 radical (unpaired) electrons. The molecule has 2 N–H and O–H groups in total. The van der Waals surface area contributed by atoms with Gasteiger partial charge in [0.15, 0.2) is 11.9 Å². The second-order valence-corrected chi connectivity index (χ2v) is 4.36. The maximum Gasteiger partial charge on any atom is 0.265 e. The van der Waals surface area contributed by atoms with Gasteiger partial charge in [-0.2, -0.15) is 12.6 Å². The van der Waals surface area contributed by atoms with E-state index in [2.05, 4.69) is 23.3 Å². The topological polar surface area (TPSA) is 67.4 Å². The number of thiol groups is 1. The number of amides is 2. The fraction of sp³-hybridized carbons (Fsp3) is 0.333. The number of para-hydroxylation sites is 1. The van der Waals surface area contributed by atoms with Gasteiger partial charge in [0.1, 0.15) is 0 Å². The summed E-state index contributed by atoms with van der Waals surface area (Å²) in [4.78, 5) is 23.4. The number of nitrogens with one attached hydrogen (secondary N) is 2. The summed E-state index contributed by atoms with van der Waals surface area (Å²) in [6.07, 6.45) is -0.601. The summed E-state index contributed by atoms with van der Waals surface area (Å²) in [6.45, 7) is 2.12. The molecule has 5 nitrogen and oxygen atoms in total. The molecule has 2 rings (SSSR count). The van der Waals surface area contributed by atoms with Gasteiger partial charge in [0.05, 0.1) is 11.3 Å². The molecular formula is C12H14N2O3S. The smallest absolute Gasteiger partial charge is 0.265 e. The largest absolute Gasteiger partial charge is 0.478 e. The highest BCUT2D eigenvalue weighted by Gasteiger charge is 2.27. The fourth-order valence-corrected chi connectivity index (χ4v) is 1.78. The minimum Gasteiger partial charge on any atom is -0.478 e. The first kappa shape index (κ1) is 12.8. The van der Waals surface area contributed by atoms with Crippen molar-refractivity contribution in [2.24, 2.45) is 0 Å². The third kappa shape index (κ3) is 2.43. The Bertz CT molecular complexity index is 490. The highest BCUT2D eigenvalue weighted by atomic mass is 32.1. The third-order valence-electron chi connectivity index (χ3n) is 2.58. The Morgan fingerprint density at radius 1 is 1.56 bits per heavy atom. The van der Waals surface area contributed by atoms with Gasteiger partial charge in [-0.05, 0) is 19.1 Å². The molecule has 0 aliphatic carbocycles. The Morgan fingerprint density at radius 2 is 2.33 bits per heavy atom. The molecular weight excluding hydrogens is 252 g/mol. The summed E-state index contributed by atoms with van der Waals surface area (Å²) in [5, 5.41) is 5.42. The number of hydrogen-bond acceptors (Lipinski definition) is 4. The predicted molar refractivity (Wildman–Crippen MR) is 71.3 cm³/mol. The summed E-state index contributed by atoms with van der Waals surface area (Å²) in [5.74, 6) is 0.537. The van der Waals surface area contributed by atoms with Crippen LogP contribution >= 0.6 is 12.6 Å². The molecule has 1 heterocycles. The Kier molecular flexibility index (Phi) is 3.76. The van der Waals surface area contributed by atoms with E-state index in [9.17, 15) is 9.59 Å². The molecule has 1 aliphatic heterocycles. The number of benzene rings is 1. The van der Waals surface area contributed by atoms with E-state index in [1.807, 2.05) is 0 Å². The van der Waals surface area contributed by atoms with Gasteiger partial charge in [0.2, 0.25) is 0 Å². The lowest BCUT2D eigenvalue weighted by Crippen LogP contribution is -2.36. The van der Waals surface area contributed by atoms with E-state index in [0.717, 1.165) is 0 Å². The van der Waals surface area contributed by atoms with Crippen LogP contribution in [0.1, 0.15) is 17.3 Å². The van der Waals surface area contributed by atoms with Gasteiger partial charge in [0.25, 0.3) is 11.8 Å². The van der Waals surface area contributed by atoms with Gasteiger partial charge in [-0.1, -0.05) is 6.07 Å². The molecule has 0 spiro atoms. The lowest BCUT2D eigenvalue weighted by Gasteiger charge is -2.25. The number of fused-ring (bicyclic) bond motifs is 1. The van der Waals surface area contributed by atoms with E-state index < -0.39 is 6.10 Å². The number of carbonyl (C=O) groups is 2. The first-order chi connectivity index (χ1) is 8.63. The number of hydrogen-bond donors (Lipinski definition) is 3. The SMILES string of the molecule is CC1Oc2c(cccc2C(=O)NCCS)NC1=O. The van der Waals surface area contributed by atoms with Crippen molar-refractivity contribution in [3.8, 4) is 5.75 Å². The van der Waals surface area contributed by atoms with Crippen LogP contribution in [0.2, 0.25) is 0 Å². The standard InChI is InChI=1S/C12H14N2O3S/c1-7-11(15)14-9-4-2-3-8(10(9)17-7)12(16)13-5-6-18/h2-4,7,18H,5-6H2,1H3,(H,13,16)(H,14,15). The number of carbonyl (C=O) groups excluding carboxylic acids is 2. The molecule has 96 valence electrons. The van der Waals surface area contributed by atoms with Crippen LogP contribution < -0.4 is 15.4 Å². The van der Waals surface area contributed by atoms with Crippen molar-refractivity contribution in [2.75, 3.05) is 17.6 Å². The Balaban J connectivity index is 2.30. The Morgan fingerprint density at radius 3 is 3.06 bits per heavy atom. The quantitative estimate of drug-likeness (QED) is 0.717. The average molecular weight is 266 g/mol. The minimum absolute atomic E-state index is 0.213. The van der Waals surface area contributed by atoms with E-state index in [-0.39, 0.29) is 11.8 Å². The fourth-order valence-electron chi connectivity index (χ4n) is 1.67. The van der Waals surface area contributed by atoms with Gasteiger partial charge in [-0.25, -0.2) is 0 Å². The van der Waals surface area contributed by atoms with E-state index in [1.165, 1.54) is 0 Å². The molecule has 0 bridgehead atoms. The predicted octanol–water partition coefficient (Wildman–Crippen LogP) is 1.07. The zero-order valence-electron chi connectivity index (χ0n) is 9.90. The number of anilines is 1. The second-order valence-electron chi connectivity index (χ2n) is 3.91. The molecule has 1 unspecified atom stereocenters. The average Bonchev–Trinajstić information content (AvgIpc) is 2.36. The first-order valence-corrected chi connectivity index (χ1v) is 6.26. The van der Waals surface area contributed by atoms with Crippen molar-refractivity contribution >= 4 is 30.1 Å². The van der Waals surface area contributed by atoms with Crippen LogP contribution in [0, 0.1) is 0 Å². The normalized spacial score (nSPS) is 17.4. The maximum atomic E-state index is 11.9.